The summed E-state index contributed by atoms with van der Waals surface area (Å²) in [6, 6.07) is 1.75. The Hall–Kier alpha value is -2.15. The molecule has 0 radical (unpaired) electrons. The highest BCUT2D eigenvalue weighted by Gasteiger charge is 2.48. The third-order valence-electron chi connectivity index (χ3n) is 5.05. The van der Waals surface area contributed by atoms with Crippen LogP contribution in [0.2, 0.25) is 0 Å². The Kier molecular flexibility index (Phi) is 5.46. The first-order valence-electron chi connectivity index (χ1n) is 8.96. The number of carboxylic acids is 1. The lowest BCUT2D eigenvalue weighted by Crippen LogP contribution is -2.42. The summed E-state index contributed by atoms with van der Waals surface area (Å²) in [5.74, 6) is -3.76. The fourth-order valence-corrected chi connectivity index (χ4v) is 5.11. The van der Waals surface area contributed by atoms with Crippen molar-refractivity contribution in [3.63, 3.8) is 0 Å². The number of carbonyl (C=O) groups is 3. The second kappa shape index (κ2) is 7.61. The molecule has 26 heavy (non-hydrogen) atoms. The molecule has 1 amide bonds. The van der Waals surface area contributed by atoms with Crippen molar-refractivity contribution >= 4 is 34.2 Å². The van der Waals surface area contributed by atoms with E-state index in [9.17, 15) is 19.5 Å². The maximum atomic E-state index is 12.8. The van der Waals surface area contributed by atoms with Gasteiger partial charge in [0.1, 0.15) is 5.00 Å². The molecule has 6 nitrogen and oxygen atoms in total. The summed E-state index contributed by atoms with van der Waals surface area (Å²) in [5.41, 5.74) is 0.331. The lowest BCUT2D eigenvalue weighted by molar-refractivity contribution is -0.313. The van der Waals surface area contributed by atoms with E-state index < -0.39 is 23.8 Å². The number of carbonyl (C=O) groups excluding carboxylic acids is 3. The monoisotopic (exact) mass is 376 g/mol. The number of hydrogen-bond donors (Lipinski definition) is 1. The molecule has 7 heteroatoms. The van der Waals surface area contributed by atoms with Crippen LogP contribution in [0.15, 0.2) is 18.2 Å². The van der Waals surface area contributed by atoms with Crippen LogP contribution in [0, 0.1) is 23.7 Å². The van der Waals surface area contributed by atoms with Crippen molar-refractivity contribution in [2.45, 2.75) is 33.1 Å². The number of allylic oxidation sites excluding steroid dienone is 2. The normalized spacial score (nSPS) is 26.1. The highest BCUT2D eigenvalue weighted by Crippen LogP contribution is 2.48. The lowest BCUT2D eigenvalue weighted by atomic mass is 9.82. The number of aryl methyl sites for hydroxylation is 1. The molecule has 2 aliphatic carbocycles. The zero-order valence-electron chi connectivity index (χ0n) is 14.8. The first-order valence-corrected chi connectivity index (χ1v) is 9.77. The molecule has 2 bridgehead atoms. The van der Waals surface area contributed by atoms with Gasteiger partial charge in [0.25, 0.3) is 0 Å². The number of hydrogen-bond acceptors (Lipinski definition) is 6. The molecule has 4 atom stereocenters. The quantitative estimate of drug-likeness (QED) is 0.580. The Morgan fingerprint density at radius 2 is 1.92 bits per heavy atom. The SMILES string of the molecule is CCCc1cc(C(=O)OCC)c(NC(=O)[C@H]2[C@@H](C(=O)[O-])[C@@H]3C=C[C@@H]2C3)s1. The third kappa shape index (κ3) is 3.40. The van der Waals surface area contributed by atoms with E-state index in [4.69, 9.17) is 4.74 Å². The molecule has 3 rings (SSSR count). The molecule has 0 unspecified atom stereocenters. The lowest BCUT2D eigenvalue weighted by Gasteiger charge is -2.27. The average molecular weight is 376 g/mol. The summed E-state index contributed by atoms with van der Waals surface area (Å²) >= 11 is 1.34. The Bertz CT molecular complexity index is 753. The number of thiophene rings is 1. The molecule has 1 saturated carbocycles. The highest BCUT2D eigenvalue weighted by atomic mass is 32.1. The predicted octanol–water partition coefficient (Wildman–Crippen LogP) is 2.00. The fourth-order valence-electron chi connectivity index (χ4n) is 3.96. The molecular weight excluding hydrogens is 354 g/mol. The molecule has 1 fully saturated rings. The van der Waals surface area contributed by atoms with E-state index in [2.05, 4.69) is 5.32 Å². The van der Waals surface area contributed by atoms with E-state index in [-0.39, 0.29) is 24.3 Å². The number of ether oxygens (including phenoxy) is 1. The van der Waals surface area contributed by atoms with Crippen LogP contribution in [-0.4, -0.2) is 24.5 Å². The molecular formula is C19H22NO5S-. The summed E-state index contributed by atoms with van der Waals surface area (Å²) in [5, 5.41) is 14.7. The molecule has 1 aromatic heterocycles. The van der Waals surface area contributed by atoms with Crippen LogP contribution >= 0.6 is 11.3 Å². The predicted molar refractivity (Wildman–Crippen MR) is 95.6 cm³/mol. The van der Waals surface area contributed by atoms with Gasteiger partial charge >= 0.3 is 5.97 Å². The number of aliphatic carboxylic acids is 1. The van der Waals surface area contributed by atoms with Crippen LogP contribution in [0.5, 0.6) is 0 Å². The average Bonchev–Trinajstić information content (AvgIpc) is 3.29. The van der Waals surface area contributed by atoms with Gasteiger partial charge in [-0.3, -0.25) is 4.79 Å². The first kappa shape index (κ1) is 18.6. The van der Waals surface area contributed by atoms with Crippen LogP contribution in [0.25, 0.3) is 0 Å². The third-order valence-corrected chi connectivity index (χ3v) is 6.16. The second-order valence-corrected chi connectivity index (χ2v) is 7.87. The summed E-state index contributed by atoms with van der Waals surface area (Å²) < 4.78 is 5.08. The minimum absolute atomic E-state index is 0.0935. The Morgan fingerprint density at radius 3 is 2.54 bits per heavy atom. The Morgan fingerprint density at radius 1 is 1.23 bits per heavy atom. The molecule has 0 spiro atoms. The van der Waals surface area contributed by atoms with Crippen LogP contribution in [-0.2, 0) is 20.7 Å². The number of carboxylic acid groups (broad SMARTS) is 1. The molecule has 0 saturated heterocycles. The standard InChI is InChI=1S/C19H23NO5S/c1-3-5-12-9-13(19(24)25-4-2)17(26-12)20-16(21)14-10-6-7-11(8-10)15(14)18(22)23/h6-7,9-11,14-15H,3-5,8H2,1-2H3,(H,20,21)(H,22,23)/p-1/t10-,11-,14-,15+/m1/s1. The van der Waals surface area contributed by atoms with Crippen LogP contribution in [0.3, 0.4) is 0 Å². The van der Waals surface area contributed by atoms with Crippen molar-refractivity contribution in [1.29, 1.82) is 0 Å². The largest absolute Gasteiger partial charge is 0.550 e. The van der Waals surface area contributed by atoms with Crippen LogP contribution < -0.4 is 10.4 Å². The number of nitrogens with one attached hydrogen (secondary N) is 1. The van der Waals surface area contributed by atoms with Gasteiger partial charge in [-0.2, -0.15) is 0 Å². The van der Waals surface area contributed by atoms with Gasteiger partial charge in [-0.1, -0.05) is 25.5 Å². The van der Waals surface area contributed by atoms with E-state index in [1.807, 2.05) is 19.1 Å². The topological polar surface area (TPSA) is 95.5 Å². The van der Waals surface area contributed by atoms with Gasteiger partial charge < -0.3 is 20.0 Å². The summed E-state index contributed by atoms with van der Waals surface area (Å²) in [6.07, 6.45) is 6.15. The minimum Gasteiger partial charge on any atom is -0.550 e. The van der Waals surface area contributed by atoms with E-state index in [1.165, 1.54) is 11.3 Å². The van der Waals surface area contributed by atoms with Crippen molar-refractivity contribution in [2.75, 3.05) is 11.9 Å². The molecule has 1 aromatic rings. The van der Waals surface area contributed by atoms with Gasteiger partial charge in [-0.05, 0) is 37.7 Å². The number of amides is 1. The number of rotatable bonds is 7. The Balaban J connectivity index is 1.83. The van der Waals surface area contributed by atoms with Crippen molar-refractivity contribution in [1.82, 2.24) is 0 Å². The molecule has 0 aliphatic heterocycles. The highest BCUT2D eigenvalue weighted by molar-refractivity contribution is 7.16. The zero-order valence-corrected chi connectivity index (χ0v) is 15.6. The molecule has 0 aromatic carbocycles. The molecule has 2 aliphatic rings. The van der Waals surface area contributed by atoms with Crippen molar-refractivity contribution in [2.24, 2.45) is 23.7 Å². The zero-order chi connectivity index (χ0) is 18.8. The van der Waals surface area contributed by atoms with Gasteiger partial charge in [-0.15, -0.1) is 11.3 Å². The fraction of sp³-hybridized carbons (Fsp3) is 0.526. The van der Waals surface area contributed by atoms with Crippen molar-refractivity contribution < 1.29 is 24.2 Å². The summed E-state index contributed by atoms with van der Waals surface area (Å²) in [6.45, 7) is 4.00. The van der Waals surface area contributed by atoms with Gasteiger partial charge in [0.05, 0.1) is 18.1 Å². The van der Waals surface area contributed by atoms with Gasteiger partial charge in [-0.25, -0.2) is 4.79 Å². The van der Waals surface area contributed by atoms with E-state index in [0.29, 0.717) is 17.0 Å². The Labute approximate surface area is 156 Å². The number of anilines is 1. The molecule has 1 heterocycles. The summed E-state index contributed by atoms with van der Waals surface area (Å²) in [7, 11) is 0. The van der Waals surface area contributed by atoms with Gasteiger partial charge in [0.2, 0.25) is 5.91 Å². The van der Waals surface area contributed by atoms with E-state index in [0.717, 1.165) is 17.7 Å². The van der Waals surface area contributed by atoms with E-state index in [1.54, 1.807) is 13.0 Å². The van der Waals surface area contributed by atoms with Gasteiger partial charge in [0.15, 0.2) is 0 Å². The van der Waals surface area contributed by atoms with Crippen LogP contribution in [0.4, 0.5) is 5.00 Å². The second-order valence-electron chi connectivity index (χ2n) is 6.73. The van der Waals surface area contributed by atoms with Crippen molar-refractivity contribution in [3.05, 3.63) is 28.7 Å². The summed E-state index contributed by atoms with van der Waals surface area (Å²) in [4.78, 5) is 37.5. The van der Waals surface area contributed by atoms with E-state index >= 15 is 0 Å². The molecule has 140 valence electrons. The number of esters is 1. The maximum Gasteiger partial charge on any atom is 0.341 e. The van der Waals surface area contributed by atoms with Gasteiger partial charge in [0, 0.05) is 16.8 Å². The number of fused-ring (bicyclic) bond motifs is 2. The minimum atomic E-state index is -1.19. The van der Waals surface area contributed by atoms with Crippen LogP contribution in [0.1, 0.15) is 41.9 Å². The first-order chi connectivity index (χ1) is 12.5. The maximum absolute atomic E-state index is 12.8. The molecule has 1 N–H and O–H groups in total. The smallest absolute Gasteiger partial charge is 0.341 e. The van der Waals surface area contributed by atoms with Crippen molar-refractivity contribution in [3.8, 4) is 0 Å².